The first kappa shape index (κ1) is 19.8. The van der Waals surface area contributed by atoms with Crippen molar-refractivity contribution >= 4 is 39.5 Å². The minimum Gasteiger partial charge on any atom is -0.465 e. The van der Waals surface area contributed by atoms with Crippen LogP contribution in [0.2, 0.25) is 0 Å². The van der Waals surface area contributed by atoms with Gasteiger partial charge in [0.1, 0.15) is 0 Å². The maximum atomic E-state index is 11.6. The molecule has 0 aliphatic heterocycles. The zero-order valence-corrected chi connectivity index (χ0v) is 17.6. The van der Waals surface area contributed by atoms with Gasteiger partial charge in [-0.2, -0.15) is 0 Å². The summed E-state index contributed by atoms with van der Waals surface area (Å²) in [6.07, 6.45) is 2.12. The molecule has 0 radical (unpaired) electrons. The number of aryl methyl sites for hydroxylation is 1. The molecular formula is C26H26N2O2. The molecule has 0 aliphatic carbocycles. The summed E-state index contributed by atoms with van der Waals surface area (Å²) in [6, 6.07) is 22.6. The summed E-state index contributed by atoms with van der Waals surface area (Å²) >= 11 is 0. The number of benzene rings is 3. The van der Waals surface area contributed by atoms with E-state index in [0.717, 1.165) is 24.3 Å². The lowest BCUT2D eigenvalue weighted by molar-refractivity contribution is 0.0600. The Morgan fingerprint density at radius 1 is 1.00 bits per heavy atom. The van der Waals surface area contributed by atoms with E-state index in [1.54, 1.807) is 12.1 Å². The quantitative estimate of drug-likeness (QED) is 0.398. The third-order valence-corrected chi connectivity index (χ3v) is 5.41. The number of nitrogens with zero attached hydrogens (tertiary/aromatic N) is 1. The van der Waals surface area contributed by atoms with E-state index in [1.165, 1.54) is 34.5 Å². The molecule has 0 bridgehead atoms. The van der Waals surface area contributed by atoms with Gasteiger partial charge < -0.3 is 14.6 Å². The second kappa shape index (κ2) is 8.46. The van der Waals surface area contributed by atoms with Crippen molar-refractivity contribution in [2.24, 2.45) is 0 Å². The van der Waals surface area contributed by atoms with E-state index >= 15 is 0 Å². The van der Waals surface area contributed by atoms with Crippen LogP contribution in [0.25, 0.3) is 27.9 Å². The van der Waals surface area contributed by atoms with Gasteiger partial charge in [-0.15, -0.1) is 0 Å². The van der Waals surface area contributed by atoms with Gasteiger partial charge in [0.05, 0.1) is 18.2 Å². The summed E-state index contributed by atoms with van der Waals surface area (Å²) < 4.78 is 7.11. The predicted molar refractivity (Wildman–Crippen MR) is 125 cm³/mol. The highest BCUT2D eigenvalue weighted by Crippen LogP contribution is 2.30. The van der Waals surface area contributed by atoms with Crippen LogP contribution in [-0.2, 0) is 11.3 Å². The van der Waals surface area contributed by atoms with Crippen LogP contribution in [0.15, 0.2) is 72.3 Å². The molecule has 4 nitrogen and oxygen atoms in total. The molecule has 4 heteroatoms. The largest absolute Gasteiger partial charge is 0.465 e. The number of ether oxygens (including phenoxy) is 1. The van der Waals surface area contributed by atoms with Crippen LogP contribution >= 0.6 is 0 Å². The maximum absolute atomic E-state index is 11.6. The molecule has 0 saturated heterocycles. The third-order valence-electron chi connectivity index (χ3n) is 5.41. The van der Waals surface area contributed by atoms with Crippen molar-refractivity contribution in [3.05, 3.63) is 83.4 Å². The fourth-order valence-electron chi connectivity index (χ4n) is 3.91. The summed E-state index contributed by atoms with van der Waals surface area (Å²) in [5.41, 5.74) is 6.46. The van der Waals surface area contributed by atoms with Crippen molar-refractivity contribution in [1.82, 2.24) is 4.57 Å². The molecule has 0 fully saturated rings. The van der Waals surface area contributed by atoms with Crippen LogP contribution < -0.4 is 5.32 Å². The van der Waals surface area contributed by atoms with Gasteiger partial charge in [-0.1, -0.05) is 48.0 Å². The summed E-state index contributed by atoms with van der Waals surface area (Å²) in [5, 5.41) is 6.12. The lowest BCUT2D eigenvalue weighted by Gasteiger charge is -2.09. The Morgan fingerprint density at radius 2 is 1.73 bits per heavy atom. The van der Waals surface area contributed by atoms with Crippen LogP contribution in [0.5, 0.6) is 0 Å². The lowest BCUT2D eigenvalue weighted by atomic mass is 10.1. The predicted octanol–water partition coefficient (Wildman–Crippen LogP) is 6.12. The Morgan fingerprint density at radius 3 is 2.47 bits per heavy atom. The van der Waals surface area contributed by atoms with Gasteiger partial charge in [0.25, 0.3) is 0 Å². The van der Waals surface area contributed by atoms with Gasteiger partial charge in [-0.3, -0.25) is 0 Å². The van der Waals surface area contributed by atoms with E-state index < -0.39 is 0 Å². The van der Waals surface area contributed by atoms with E-state index in [4.69, 9.17) is 4.74 Å². The van der Waals surface area contributed by atoms with Crippen molar-refractivity contribution in [3.8, 4) is 0 Å². The Kier molecular flexibility index (Phi) is 5.57. The average molecular weight is 399 g/mol. The Balaban J connectivity index is 1.52. The molecule has 0 saturated carbocycles. The number of rotatable bonds is 6. The van der Waals surface area contributed by atoms with Crippen molar-refractivity contribution < 1.29 is 9.53 Å². The molecule has 0 unspecified atom stereocenters. The Bertz CT molecular complexity index is 1230. The van der Waals surface area contributed by atoms with Crippen LogP contribution in [0.1, 0.15) is 29.8 Å². The molecule has 1 N–H and O–H groups in total. The van der Waals surface area contributed by atoms with E-state index in [9.17, 15) is 4.79 Å². The third kappa shape index (κ3) is 3.81. The first-order valence-electron chi connectivity index (χ1n) is 10.2. The number of esters is 1. The number of aromatic nitrogens is 1. The standard InChI is InChI=1S/C26H26N2O2/c1-4-28-24-8-6-5-7-22(24)23-14-13-21(16-25(23)28)27-17-18(2)15-19-9-11-20(12-10-19)26(29)30-3/h5-16,27H,4,17H2,1-3H3/b18-15+. The summed E-state index contributed by atoms with van der Waals surface area (Å²) in [6.45, 7) is 5.97. The van der Waals surface area contributed by atoms with E-state index in [1.807, 2.05) is 12.1 Å². The smallest absolute Gasteiger partial charge is 0.337 e. The van der Waals surface area contributed by atoms with E-state index in [2.05, 4.69) is 72.3 Å². The number of carbonyl (C=O) groups is 1. The molecular weight excluding hydrogens is 372 g/mol. The summed E-state index contributed by atoms with van der Waals surface area (Å²) in [7, 11) is 1.39. The highest BCUT2D eigenvalue weighted by Gasteiger charge is 2.09. The van der Waals surface area contributed by atoms with Gasteiger partial charge >= 0.3 is 5.97 Å². The molecule has 0 spiro atoms. The maximum Gasteiger partial charge on any atom is 0.337 e. The van der Waals surface area contributed by atoms with Gasteiger partial charge in [-0.25, -0.2) is 4.79 Å². The van der Waals surface area contributed by atoms with Crippen LogP contribution in [-0.4, -0.2) is 24.2 Å². The fourth-order valence-corrected chi connectivity index (χ4v) is 3.91. The number of fused-ring (bicyclic) bond motifs is 3. The van der Waals surface area contributed by atoms with Crippen LogP contribution in [0.3, 0.4) is 0 Å². The number of anilines is 1. The molecule has 1 heterocycles. The second-order valence-electron chi connectivity index (χ2n) is 7.45. The molecule has 3 aromatic carbocycles. The van der Waals surface area contributed by atoms with Crippen LogP contribution in [0, 0.1) is 0 Å². The van der Waals surface area contributed by atoms with Crippen molar-refractivity contribution in [1.29, 1.82) is 0 Å². The summed E-state index contributed by atoms with van der Waals surface area (Å²) in [4.78, 5) is 11.6. The van der Waals surface area contributed by atoms with E-state index in [0.29, 0.717) is 5.56 Å². The normalized spacial score (nSPS) is 11.8. The zero-order valence-electron chi connectivity index (χ0n) is 17.6. The fraction of sp³-hybridized carbons (Fsp3) is 0.192. The number of hydrogen-bond acceptors (Lipinski definition) is 3. The molecule has 0 atom stereocenters. The highest BCUT2D eigenvalue weighted by atomic mass is 16.5. The molecule has 4 aromatic rings. The number of hydrogen-bond donors (Lipinski definition) is 1. The SMILES string of the molecule is CCn1c2ccccc2c2ccc(NC/C(C)=C/c3ccc(C(=O)OC)cc3)cc21. The molecule has 0 amide bonds. The minimum atomic E-state index is -0.316. The first-order chi connectivity index (χ1) is 14.6. The Hall–Kier alpha value is -3.53. The van der Waals surface area contributed by atoms with Crippen molar-refractivity contribution in [2.45, 2.75) is 20.4 Å². The summed E-state index contributed by atoms with van der Waals surface area (Å²) in [5.74, 6) is -0.316. The molecule has 1 aromatic heterocycles. The number of methoxy groups -OCH3 is 1. The van der Waals surface area contributed by atoms with Crippen LogP contribution in [0.4, 0.5) is 5.69 Å². The molecule has 4 rings (SSSR count). The highest BCUT2D eigenvalue weighted by molar-refractivity contribution is 6.08. The monoisotopic (exact) mass is 398 g/mol. The molecule has 0 aliphatic rings. The number of carbonyl (C=O) groups excluding carboxylic acids is 1. The zero-order chi connectivity index (χ0) is 21.1. The average Bonchev–Trinajstić information content (AvgIpc) is 3.10. The first-order valence-corrected chi connectivity index (χ1v) is 10.2. The molecule has 152 valence electrons. The van der Waals surface area contributed by atoms with E-state index in [-0.39, 0.29) is 5.97 Å². The Labute approximate surface area is 176 Å². The number of para-hydroxylation sites is 1. The van der Waals surface area contributed by atoms with Gasteiger partial charge in [0.2, 0.25) is 0 Å². The van der Waals surface area contributed by atoms with Gasteiger partial charge in [0.15, 0.2) is 0 Å². The number of nitrogens with one attached hydrogen (secondary N) is 1. The van der Waals surface area contributed by atoms with Gasteiger partial charge in [0, 0.05) is 35.1 Å². The van der Waals surface area contributed by atoms with Crippen molar-refractivity contribution in [2.75, 3.05) is 19.0 Å². The topological polar surface area (TPSA) is 43.3 Å². The van der Waals surface area contributed by atoms with Gasteiger partial charge in [-0.05, 0) is 49.7 Å². The minimum absolute atomic E-state index is 0.316. The lowest BCUT2D eigenvalue weighted by Crippen LogP contribution is -2.03. The molecule has 30 heavy (non-hydrogen) atoms. The second-order valence-corrected chi connectivity index (χ2v) is 7.45. The van der Waals surface area contributed by atoms with Crippen molar-refractivity contribution in [3.63, 3.8) is 0 Å².